The van der Waals surface area contributed by atoms with Crippen LogP contribution in [-0.4, -0.2) is 81.4 Å². The monoisotopic (exact) mass is 575 g/mol. The van der Waals surface area contributed by atoms with Gasteiger partial charge in [-0.15, -0.1) is 0 Å². The maximum atomic E-state index is 11.8. The minimum absolute atomic E-state index is 0.0483. The standard InChI is InChI=1S/C30H42ClN3O6/c1-20-18-33(24-15-28(38-5)32-17-23(24)31)12-11-25(20)40-22-9-7-21(8-10-22)34-19-27(39-14-6-13-37-4)30(2,3)26(34)16-29(35)36/h7-10,15,17,20,25-27H,6,11-14,16,18-19H2,1-5H3,(H,35,36). The van der Waals surface area contributed by atoms with E-state index in [9.17, 15) is 9.90 Å². The van der Waals surface area contributed by atoms with Crippen LogP contribution in [0.1, 0.15) is 40.0 Å². The van der Waals surface area contributed by atoms with Crippen molar-refractivity contribution in [2.75, 3.05) is 56.9 Å². The number of methoxy groups -OCH3 is 2. The lowest BCUT2D eigenvalue weighted by Crippen LogP contribution is -2.44. The van der Waals surface area contributed by atoms with Gasteiger partial charge in [-0.25, -0.2) is 4.98 Å². The molecule has 2 aromatic rings. The number of hydrogen-bond donors (Lipinski definition) is 1. The number of benzene rings is 1. The van der Waals surface area contributed by atoms with Crippen molar-refractivity contribution in [2.45, 2.75) is 58.3 Å². The number of carboxylic acids is 1. The van der Waals surface area contributed by atoms with Crippen molar-refractivity contribution < 1.29 is 28.8 Å². The van der Waals surface area contributed by atoms with Gasteiger partial charge in [-0.3, -0.25) is 4.79 Å². The molecule has 9 nitrogen and oxygen atoms in total. The summed E-state index contributed by atoms with van der Waals surface area (Å²) in [6.07, 6.45) is 3.33. The Bertz CT molecular complexity index is 1130. The first-order valence-electron chi connectivity index (χ1n) is 13.9. The van der Waals surface area contributed by atoms with Gasteiger partial charge in [-0.1, -0.05) is 32.4 Å². The second-order valence-corrected chi connectivity index (χ2v) is 11.7. The van der Waals surface area contributed by atoms with Crippen LogP contribution in [-0.2, 0) is 14.3 Å². The lowest BCUT2D eigenvalue weighted by Gasteiger charge is -2.38. The molecule has 4 unspecified atom stereocenters. The van der Waals surface area contributed by atoms with Crippen molar-refractivity contribution in [3.63, 3.8) is 0 Å². The summed E-state index contributed by atoms with van der Waals surface area (Å²) in [6, 6.07) is 9.70. The fraction of sp³-hybridized carbons (Fsp3) is 0.600. The number of nitrogens with zero attached hydrogens (tertiary/aromatic N) is 3. The van der Waals surface area contributed by atoms with Crippen LogP contribution in [0.5, 0.6) is 11.6 Å². The predicted octanol–water partition coefficient (Wildman–Crippen LogP) is 5.15. The van der Waals surface area contributed by atoms with Crippen molar-refractivity contribution in [2.24, 2.45) is 11.3 Å². The molecule has 2 saturated heterocycles. The number of carbonyl (C=O) groups is 1. The molecule has 0 bridgehead atoms. The summed E-state index contributed by atoms with van der Waals surface area (Å²) in [5, 5.41) is 10.3. The number of carboxylic acid groups (broad SMARTS) is 1. The molecule has 2 aliphatic heterocycles. The van der Waals surface area contributed by atoms with Crippen LogP contribution in [0.15, 0.2) is 36.5 Å². The van der Waals surface area contributed by atoms with E-state index in [0.717, 1.165) is 43.1 Å². The zero-order valence-electron chi connectivity index (χ0n) is 24.1. The second-order valence-electron chi connectivity index (χ2n) is 11.3. The van der Waals surface area contributed by atoms with Crippen molar-refractivity contribution in [1.82, 2.24) is 4.98 Å². The predicted molar refractivity (Wildman–Crippen MR) is 156 cm³/mol. The van der Waals surface area contributed by atoms with Crippen molar-refractivity contribution in [3.8, 4) is 11.6 Å². The van der Waals surface area contributed by atoms with E-state index in [1.165, 1.54) is 0 Å². The minimum Gasteiger partial charge on any atom is -0.490 e. The molecule has 4 rings (SSSR count). The molecule has 1 N–H and O–H groups in total. The van der Waals surface area contributed by atoms with Crippen LogP contribution in [0.4, 0.5) is 11.4 Å². The molecule has 0 spiro atoms. The molecule has 220 valence electrons. The number of hydrogen-bond acceptors (Lipinski definition) is 8. The first-order valence-corrected chi connectivity index (χ1v) is 14.3. The minimum atomic E-state index is -0.810. The van der Waals surface area contributed by atoms with Crippen molar-refractivity contribution in [1.29, 1.82) is 0 Å². The Morgan fingerprint density at radius 2 is 1.93 bits per heavy atom. The maximum absolute atomic E-state index is 11.8. The highest BCUT2D eigenvalue weighted by Gasteiger charge is 2.49. The van der Waals surface area contributed by atoms with E-state index in [1.54, 1.807) is 20.4 Å². The van der Waals surface area contributed by atoms with Gasteiger partial charge in [-0.2, -0.15) is 0 Å². The highest BCUT2D eigenvalue weighted by atomic mass is 35.5. The third kappa shape index (κ3) is 6.93. The number of aromatic nitrogens is 1. The average Bonchev–Trinajstić information content (AvgIpc) is 3.17. The highest BCUT2D eigenvalue weighted by Crippen LogP contribution is 2.43. The number of aliphatic carboxylic acids is 1. The topological polar surface area (TPSA) is 93.6 Å². The van der Waals surface area contributed by atoms with Gasteiger partial charge in [0, 0.05) is 75.5 Å². The van der Waals surface area contributed by atoms with Crippen LogP contribution in [0, 0.1) is 11.3 Å². The van der Waals surface area contributed by atoms with E-state index in [4.69, 9.17) is 30.5 Å². The summed E-state index contributed by atoms with van der Waals surface area (Å²) in [5.74, 6) is 0.814. The largest absolute Gasteiger partial charge is 0.490 e. The summed E-state index contributed by atoms with van der Waals surface area (Å²) in [5.41, 5.74) is 1.57. The third-order valence-corrected chi connectivity index (χ3v) is 8.54. The Hall–Kier alpha value is -2.75. The molecule has 2 aliphatic rings. The summed E-state index contributed by atoms with van der Waals surface area (Å²) in [7, 11) is 3.28. The van der Waals surface area contributed by atoms with Crippen LogP contribution < -0.4 is 19.3 Å². The molecule has 3 heterocycles. The van der Waals surface area contributed by atoms with Gasteiger partial charge in [-0.05, 0) is 30.7 Å². The summed E-state index contributed by atoms with van der Waals surface area (Å²) < 4.78 is 23.1. The number of pyridine rings is 1. The van der Waals surface area contributed by atoms with Crippen molar-refractivity contribution in [3.05, 3.63) is 41.6 Å². The summed E-state index contributed by atoms with van der Waals surface area (Å²) in [6.45, 7) is 9.86. The number of piperidine rings is 1. The fourth-order valence-corrected chi connectivity index (χ4v) is 6.07. The third-order valence-electron chi connectivity index (χ3n) is 8.25. The van der Waals surface area contributed by atoms with Gasteiger partial charge in [0.2, 0.25) is 5.88 Å². The molecule has 0 saturated carbocycles. The Morgan fingerprint density at radius 1 is 1.18 bits per heavy atom. The Kier molecular flexibility index (Phi) is 10.0. The van der Waals surface area contributed by atoms with Gasteiger partial charge in [0.1, 0.15) is 11.9 Å². The number of rotatable bonds is 12. The van der Waals surface area contributed by atoms with Gasteiger partial charge < -0.3 is 33.9 Å². The molecule has 0 aliphatic carbocycles. The molecule has 1 aromatic carbocycles. The molecule has 1 aromatic heterocycles. The first kappa shape index (κ1) is 30.2. The summed E-state index contributed by atoms with van der Waals surface area (Å²) in [4.78, 5) is 20.4. The van der Waals surface area contributed by atoms with Crippen LogP contribution >= 0.6 is 11.6 Å². The SMILES string of the molecule is COCCCOC1CN(c2ccc(OC3CCN(c4cc(OC)ncc4Cl)CC3C)cc2)C(CC(=O)O)C1(C)C. The lowest BCUT2D eigenvalue weighted by molar-refractivity contribution is -0.138. The second kappa shape index (κ2) is 13.3. The zero-order valence-corrected chi connectivity index (χ0v) is 24.9. The smallest absolute Gasteiger partial charge is 0.305 e. The van der Waals surface area contributed by atoms with E-state index >= 15 is 0 Å². The number of anilines is 2. The van der Waals surface area contributed by atoms with Gasteiger partial charge in [0.05, 0.1) is 36.5 Å². The van der Waals surface area contributed by atoms with E-state index in [2.05, 4.69) is 35.6 Å². The van der Waals surface area contributed by atoms with Gasteiger partial charge in [0.15, 0.2) is 0 Å². The quantitative estimate of drug-likeness (QED) is 0.345. The molecule has 10 heteroatoms. The highest BCUT2D eigenvalue weighted by molar-refractivity contribution is 6.33. The van der Waals surface area contributed by atoms with Crippen LogP contribution in [0.3, 0.4) is 0 Å². The fourth-order valence-electron chi connectivity index (χ4n) is 5.85. The Labute approximate surface area is 242 Å². The Morgan fingerprint density at radius 3 is 2.58 bits per heavy atom. The lowest BCUT2D eigenvalue weighted by atomic mass is 9.81. The number of halogens is 1. The normalized spacial score (nSPS) is 24.2. The molecular formula is C30H42ClN3O6. The van der Waals surface area contributed by atoms with E-state index in [-0.39, 0.29) is 36.0 Å². The van der Waals surface area contributed by atoms with Gasteiger partial charge in [0.25, 0.3) is 0 Å². The van der Waals surface area contributed by atoms with E-state index < -0.39 is 5.97 Å². The van der Waals surface area contributed by atoms with Crippen molar-refractivity contribution >= 4 is 28.9 Å². The van der Waals surface area contributed by atoms with Crippen LogP contribution in [0.25, 0.3) is 0 Å². The molecule has 2 fully saturated rings. The van der Waals surface area contributed by atoms with E-state index in [0.29, 0.717) is 30.7 Å². The summed E-state index contributed by atoms with van der Waals surface area (Å²) >= 11 is 6.43. The average molecular weight is 576 g/mol. The maximum Gasteiger partial charge on any atom is 0.305 e. The zero-order chi connectivity index (χ0) is 28.9. The van der Waals surface area contributed by atoms with Crippen LogP contribution in [0.2, 0.25) is 5.02 Å². The number of ether oxygens (including phenoxy) is 4. The molecule has 4 atom stereocenters. The van der Waals surface area contributed by atoms with E-state index in [1.807, 2.05) is 30.3 Å². The van der Waals surface area contributed by atoms with Gasteiger partial charge >= 0.3 is 5.97 Å². The molecular weight excluding hydrogens is 534 g/mol. The molecule has 40 heavy (non-hydrogen) atoms. The molecule has 0 radical (unpaired) electrons. The Balaban J connectivity index is 1.40. The first-order chi connectivity index (χ1) is 19.1. The molecule has 0 amide bonds.